The van der Waals surface area contributed by atoms with Crippen LogP contribution in [0.25, 0.3) is 0 Å². The molecule has 1 aromatic heterocycles. The first-order valence-corrected chi connectivity index (χ1v) is 9.05. The summed E-state index contributed by atoms with van der Waals surface area (Å²) >= 11 is 0. The SMILES string of the molecule is CCNC(=NCc1ccnn1C)NCC(C)CN(C)C(=O)OC(C)(C)C. The number of nitrogens with one attached hydrogen (secondary N) is 2. The molecule has 0 aliphatic heterocycles. The number of carbonyl (C=O) groups excluding carboxylic acids is 1. The summed E-state index contributed by atoms with van der Waals surface area (Å²) < 4.78 is 7.19. The molecule has 0 fully saturated rings. The fourth-order valence-corrected chi connectivity index (χ4v) is 2.28. The molecule has 1 amide bonds. The number of aliphatic imine (C=N–C) groups is 1. The Hall–Kier alpha value is -2.25. The van der Waals surface area contributed by atoms with Crippen molar-refractivity contribution in [3.63, 3.8) is 0 Å². The van der Waals surface area contributed by atoms with Crippen LogP contribution in [-0.4, -0.2) is 59.0 Å². The fourth-order valence-electron chi connectivity index (χ4n) is 2.28. The summed E-state index contributed by atoms with van der Waals surface area (Å²) in [6.45, 7) is 12.3. The van der Waals surface area contributed by atoms with Crippen LogP contribution in [-0.2, 0) is 18.3 Å². The first-order valence-electron chi connectivity index (χ1n) is 9.05. The Labute approximate surface area is 157 Å². The lowest BCUT2D eigenvalue weighted by atomic mass is 10.1. The maximum Gasteiger partial charge on any atom is 0.410 e. The number of ether oxygens (including phenoxy) is 1. The molecular formula is C18H34N6O2. The van der Waals surface area contributed by atoms with Gasteiger partial charge in [0.25, 0.3) is 0 Å². The first kappa shape index (κ1) is 21.8. The van der Waals surface area contributed by atoms with Gasteiger partial charge in [0.1, 0.15) is 5.60 Å². The predicted molar refractivity (Wildman–Crippen MR) is 104 cm³/mol. The molecule has 8 heteroatoms. The number of guanidine groups is 1. The fraction of sp³-hybridized carbons (Fsp3) is 0.722. The zero-order chi connectivity index (χ0) is 19.7. The Balaban J connectivity index is 2.49. The molecule has 8 nitrogen and oxygen atoms in total. The minimum Gasteiger partial charge on any atom is -0.444 e. The van der Waals surface area contributed by atoms with Crippen LogP contribution in [0, 0.1) is 5.92 Å². The minimum absolute atomic E-state index is 0.244. The summed E-state index contributed by atoms with van der Waals surface area (Å²) in [6.07, 6.45) is 1.46. The van der Waals surface area contributed by atoms with E-state index in [1.54, 1.807) is 18.1 Å². The highest BCUT2D eigenvalue weighted by Gasteiger charge is 2.20. The Morgan fingerprint density at radius 1 is 1.42 bits per heavy atom. The van der Waals surface area contributed by atoms with Gasteiger partial charge in [0, 0.05) is 39.9 Å². The number of nitrogens with zero attached hydrogens (tertiary/aromatic N) is 4. The zero-order valence-corrected chi connectivity index (χ0v) is 17.2. The van der Waals surface area contributed by atoms with E-state index in [2.05, 4.69) is 27.6 Å². The third kappa shape index (κ3) is 8.22. The lowest BCUT2D eigenvalue weighted by Crippen LogP contribution is -2.42. The van der Waals surface area contributed by atoms with Crippen molar-refractivity contribution in [3.8, 4) is 0 Å². The van der Waals surface area contributed by atoms with Gasteiger partial charge < -0.3 is 20.3 Å². The van der Waals surface area contributed by atoms with Crippen LogP contribution in [0.2, 0.25) is 0 Å². The molecule has 1 rings (SSSR count). The van der Waals surface area contributed by atoms with Gasteiger partial charge in [-0.2, -0.15) is 5.10 Å². The standard InChI is InChI=1S/C18H34N6O2/c1-8-19-16(21-12-15-9-10-22-24(15)7)20-11-14(2)13-23(6)17(25)26-18(3,4)5/h9-10,14H,8,11-13H2,1-7H3,(H2,19,20,21). The summed E-state index contributed by atoms with van der Waals surface area (Å²) in [5.74, 6) is 0.994. The van der Waals surface area contributed by atoms with Gasteiger partial charge in [-0.05, 0) is 39.7 Å². The first-order chi connectivity index (χ1) is 12.1. The lowest BCUT2D eigenvalue weighted by Gasteiger charge is -2.26. The van der Waals surface area contributed by atoms with Gasteiger partial charge in [-0.3, -0.25) is 4.68 Å². The van der Waals surface area contributed by atoms with Crippen LogP contribution in [0.3, 0.4) is 0 Å². The Kier molecular flexibility index (Phi) is 8.41. The minimum atomic E-state index is -0.483. The quantitative estimate of drug-likeness (QED) is 0.569. The summed E-state index contributed by atoms with van der Waals surface area (Å²) in [5.41, 5.74) is 0.559. The average Bonchev–Trinajstić information content (AvgIpc) is 2.93. The largest absolute Gasteiger partial charge is 0.444 e. The van der Waals surface area contributed by atoms with E-state index in [1.807, 2.05) is 45.5 Å². The Morgan fingerprint density at radius 3 is 2.65 bits per heavy atom. The second-order valence-corrected chi connectivity index (χ2v) is 7.49. The molecular weight excluding hydrogens is 332 g/mol. The maximum atomic E-state index is 12.0. The Bertz CT molecular complexity index is 591. The van der Waals surface area contributed by atoms with Crippen molar-refractivity contribution in [2.45, 2.75) is 46.8 Å². The molecule has 0 aromatic carbocycles. The predicted octanol–water partition coefficient (Wildman–Crippen LogP) is 1.98. The van der Waals surface area contributed by atoms with Gasteiger partial charge in [-0.1, -0.05) is 6.92 Å². The third-order valence-electron chi connectivity index (χ3n) is 3.57. The van der Waals surface area contributed by atoms with Gasteiger partial charge in [-0.25, -0.2) is 9.79 Å². The molecule has 2 N–H and O–H groups in total. The van der Waals surface area contributed by atoms with E-state index in [9.17, 15) is 4.79 Å². The lowest BCUT2D eigenvalue weighted by molar-refractivity contribution is 0.0278. The van der Waals surface area contributed by atoms with Crippen LogP contribution in [0.5, 0.6) is 0 Å². The van der Waals surface area contributed by atoms with Crippen LogP contribution in [0.1, 0.15) is 40.3 Å². The summed E-state index contributed by atoms with van der Waals surface area (Å²) in [4.78, 5) is 18.2. The van der Waals surface area contributed by atoms with Gasteiger partial charge in [0.15, 0.2) is 5.96 Å². The van der Waals surface area contributed by atoms with Crippen LogP contribution in [0.15, 0.2) is 17.3 Å². The molecule has 0 radical (unpaired) electrons. The number of rotatable bonds is 7. The molecule has 0 aliphatic rings. The molecule has 26 heavy (non-hydrogen) atoms. The highest BCUT2D eigenvalue weighted by molar-refractivity contribution is 5.79. The van der Waals surface area contributed by atoms with Crippen molar-refractivity contribution in [1.82, 2.24) is 25.3 Å². The summed E-state index contributed by atoms with van der Waals surface area (Å²) in [5, 5.41) is 10.7. The van der Waals surface area contributed by atoms with E-state index in [-0.39, 0.29) is 12.0 Å². The van der Waals surface area contributed by atoms with Crippen molar-refractivity contribution < 1.29 is 9.53 Å². The molecule has 0 spiro atoms. The number of aryl methyl sites for hydroxylation is 1. The van der Waals surface area contributed by atoms with Gasteiger partial charge in [-0.15, -0.1) is 0 Å². The molecule has 0 saturated carbocycles. The number of hydrogen-bond acceptors (Lipinski definition) is 4. The van der Waals surface area contributed by atoms with Crippen molar-refractivity contribution >= 4 is 12.1 Å². The second-order valence-electron chi connectivity index (χ2n) is 7.49. The van der Waals surface area contributed by atoms with Crippen LogP contribution < -0.4 is 10.6 Å². The molecule has 0 saturated heterocycles. The molecule has 1 aromatic rings. The molecule has 0 bridgehead atoms. The van der Waals surface area contributed by atoms with Crippen molar-refractivity contribution in [2.75, 3.05) is 26.7 Å². The number of aromatic nitrogens is 2. The third-order valence-corrected chi connectivity index (χ3v) is 3.57. The van der Waals surface area contributed by atoms with Crippen LogP contribution in [0.4, 0.5) is 4.79 Å². The molecule has 1 heterocycles. The number of carbonyl (C=O) groups is 1. The highest BCUT2D eigenvalue weighted by Crippen LogP contribution is 2.10. The molecule has 1 atom stereocenters. The van der Waals surface area contributed by atoms with Crippen molar-refractivity contribution in [1.29, 1.82) is 0 Å². The summed E-state index contributed by atoms with van der Waals surface area (Å²) in [6, 6.07) is 1.95. The summed E-state index contributed by atoms with van der Waals surface area (Å²) in [7, 11) is 3.66. The van der Waals surface area contributed by atoms with Crippen LogP contribution >= 0.6 is 0 Å². The zero-order valence-electron chi connectivity index (χ0n) is 17.2. The van der Waals surface area contributed by atoms with E-state index in [0.29, 0.717) is 19.6 Å². The van der Waals surface area contributed by atoms with Crippen molar-refractivity contribution in [2.24, 2.45) is 18.0 Å². The van der Waals surface area contributed by atoms with Gasteiger partial charge in [0.2, 0.25) is 0 Å². The highest BCUT2D eigenvalue weighted by atomic mass is 16.6. The van der Waals surface area contributed by atoms with Gasteiger partial charge >= 0.3 is 6.09 Å². The molecule has 0 aliphatic carbocycles. The number of hydrogen-bond donors (Lipinski definition) is 2. The average molecular weight is 367 g/mol. The monoisotopic (exact) mass is 366 g/mol. The smallest absolute Gasteiger partial charge is 0.410 e. The maximum absolute atomic E-state index is 12.0. The van der Waals surface area contributed by atoms with E-state index in [0.717, 1.165) is 18.2 Å². The topological polar surface area (TPSA) is 83.8 Å². The number of amides is 1. The van der Waals surface area contributed by atoms with E-state index in [4.69, 9.17) is 4.74 Å². The van der Waals surface area contributed by atoms with E-state index >= 15 is 0 Å². The molecule has 1 unspecified atom stereocenters. The molecule has 148 valence electrons. The Morgan fingerprint density at radius 2 is 2.12 bits per heavy atom. The van der Waals surface area contributed by atoms with Crippen molar-refractivity contribution in [3.05, 3.63) is 18.0 Å². The van der Waals surface area contributed by atoms with E-state index < -0.39 is 5.60 Å². The second kappa shape index (κ2) is 10.0. The normalized spacial score (nSPS) is 13.3. The van der Waals surface area contributed by atoms with E-state index in [1.165, 1.54) is 0 Å². The van der Waals surface area contributed by atoms with Gasteiger partial charge in [0.05, 0.1) is 12.2 Å².